The lowest BCUT2D eigenvalue weighted by Gasteiger charge is -2.52. The van der Waals surface area contributed by atoms with Gasteiger partial charge in [0.05, 0.1) is 31.2 Å². The summed E-state index contributed by atoms with van der Waals surface area (Å²) in [6, 6.07) is 1.20. The van der Waals surface area contributed by atoms with Crippen LogP contribution in [-0.2, 0) is 33.7 Å². The minimum Gasteiger partial charge on any atom is -0.465 e. The van der Waals surface area contributed by atoms with Crippen LogP contribution in [-0.4, -0.2) is 107 Å². The molecular formula is C33H54N4O6. The standard InChI is InChI=1S/C33H54N4O6/c1-23(2)21-36(31(39)28-19-24-11-7-8-12-26(24)35(28)13-9-10-16-42-6)27-20-25(30(38)34-14-17-43-18-15-34)22-37(32(40)41)29(27)33(3,4)5/h19,23,25,27,29H,7-18,20-22H2,1-6H3,(H,40,41)/t25-,27+,29?/m1/s1. The Balaban J connectivity index is 1.75. The number of nitrogens with zero attached hydrogens (tertiary/aromatic N) is 4. The Morgan fingerprint density at radius 1 is 1.12 bits per heavy atom. The lowest BCUT2D eigenvalue weighted by atomic mass is 9.74. The quantitative estimate of drug-likeness (QED) is 0.395. The van der Waals surface area contributed by atoms with Crippen LogP contribution >= 0.6 is 0 Å². The Labute approximate surface area is 257 Å². The third kappa shape index (κ3) is 7.74. The zero-order valence-corrected chi connectivity index (χ0v) is 27.3. The number of rotatable bonds is 10. The first kappa shape index (κ1) is 33.3. The van der Waals surface area contributed by atoms with Crippen LogP contribution in [0.15, 0.2) is 6.07 Å². The summed E-state index contributed by atoms with van der Waals surface area (Å²) >= 11 is 0. The van der Waals surface area contributed by atoms with Crippen molar-refractivity contribution in [3.63, 3.8) is 0 Å². The van der Waals surface area contributed by atoms with Crippen LogP contribution in [0.25, 0.3) is 0 Å². The van der Waals surface area contributed by atoms with Crippen molar-refractivity contribution in [3.05, 3.63) is 23.0 Å². The van der Waals surface area contributed by atoms with Gasteiger partial charge in [0.2, 0.25) is 5.91 Å². The molecule has 3 heterocycles. The molecule has 2 aliphatic heterocycles. The van der Waals surface area contributed by atoms with E-state index in [9.17, 15) is 19.5 Å². The van der Waals surface area contributed by atoms with Gasteiger partial charge in [-0.3, -0.25) is 9.59 Å². The Morgan fingerprint density at radius 2 is 1.81 bits per heavy atom. The van der Waals surface area contributed by atoms with Crippen molar-refractivity contribution in [2.45, 2.75) is 98.2 Å². The van der Waals surface area contributed by atoms with E-state index in [1.165, 1.54) is 16.2 Å². The van der Waals surface area contributed by atoms with E-state index in [-0.39, 0.29) is 24.3 Å². The summed E-state index contributed by atoms with van der Waals surface area (Å²) in [5.41, 5.74) is 2.77. The zero-order valence-electron chi connectivity index (χ0n) is 27.3. The molecule has 43 heavy (non-hydrogen) atoms. The van der Waals surface area contributed by atoms with Crippen LogP contribution in [0.2, 0.25) is 0 Å². The van der Waals surface area contributed by atoms with Gasteiger partial charge in [0.25, 0.3) is 5.91 Å². The van der Waals surface area contributed by atoms with Crippen LogP contribution in [0.5, 0.6) is 0 Å². The molecule has 0 bridgehead atoms. The molecule has 0 radical (unpaired) electrons. The molecule has 242 valence electrons. The van der Waals surface area contributed by atoms with E-state index < -0.39 is 29.5 Å². The summed E-state index contributed by atoms with van der Waals surface area (Å²) < 4.78 is 13.0. The molecule has 1 aromatic heterocycles. The minimum absolute atomic E-state index is 0.0409. The van der Waals surface area contributed by atoms with Gasteiger partial charge in [0.1, 0.15) is 5.69 Å². The van der Waals surface area contributed by atoms with Crippen LogP contribution in [0.1, 0.15) is 88.5 Å². The highest BCUT2D eigenvalue weighted by Gasteiger charge is 2.50. The zero-order chi connectivity index (χ0) is 31.3. The van der Waals surface area contributed by atoms with Gasteiger partial charge in [0.15, 0.2) is 0 Å². The third-order valence-electron chi connectivity index (χ3n) is 9.28. The Morgan fingerprint density at radius 3 is 2.44 bits per heavy atom. The number of hydrogen-bond donors (Lipinski definition) is 1. The van der Waals surface area contributed by atoms with Gasteiger partial charge < -0.3 is 33.8 Å². The second kappa shape index (κ2) is 14.5. The number of fused-ring (bicyclic) bond motifs is 1. The van der Waals surface area contributed by atoms with E-state index in [2.05, 4.69) is 24.5 Å². The second-order valence-electron chi connectivity index (χ2n) is 14.1. The highest BCUT2D eigenvalue weighted by atomic mass is 16.5. The fourth-order valence-electron chi connectivity index (χ4n) is 7.44. The van der Waals surface area contributed by atoms with Crippen molar-refractivity contribution in [2.24, 2.45) is 17.3 Å². The number of hydrogen-bond acceptors (Lipinski definition) is 5. The number of aromatic nitrogens is 1. The number of unbranched alkanes of at least 4 members (excludes halogenated alkanes) is 1. The van der Waals surface area contributed by atoms with Gasteiger partial charge in [-0.2, -0.15) is 0 Å². The molecule has 0 spiro atoms. The summed E-state index contributed by atoms with van der Waals surface area (Å²) in [4.78, 5) is 46.6. The number of morpholine rings is 1. The maximum Gasteiger partial charge on any atom is 0.407 e. The molecule has 1 aromatic rings. The van der Waals surface area contributed by atoms with E-state index in [0.717, 1.165) is 45.1 Å². The molecule has 3 amide bonds. The molecule has 2 fully saturated rings. The van der Waals surface area contributed by atoms with Gasteiger partial charge in [-0.05, 0) is 67.9 Å². The maximum absolute atomic E-state index is 14.8. The smallest absolute Gasteiger partial charge is 0.407 e. The molecule has 1 unspecified atom stereocenters. The molecule has 10 heteroatoms. The number of piperidine rings is 1. The third-order valence-corrected chi connectivity index (χ3v) is 9.28. The topological polar surface area (TPSA) is 105 Å². The van der Waals surface area contributed by atoms with Gasteiger partial charge in [-0.25, -0.2) is 4.79 Å². The molecule has 4 rings (SSSR count). The van der Waals surface area contributed by atoms with Crippen molar-refractivity contribution >= 4 is 17.9 Å². The van der Waals surface area contributed by atoms with Gasteiger partial charge >= 0.3 is 6.09 Å². The highest BCUT2D eigenvalue weighted by Crippen LogP contribution is 2.39. The average molecular weight is 603 g/mol. The fourth-order valence-corrected chi connectivity index (χ4v) is 7.44. The van der Waals surface area contributed by atoms with Crippen LogP contribution in [0.3, 0.4) is 0 Å². The molecule has 1 aliphatic carbocycles. The minimum atomic E-state index is -1.04. The van der Waals surface area contributed by atoms with E-state index in [4.69, 9.17) is 9.47 Å². The molecular weight excluding hydrogens is 548 g/mol. The summed E-state index contributed by atoms with van der Waals surface area (Å²) in [5, 5.41) is 10.5. The molecule has 0 saturated carbocycles. The van der Waals surface area contributed by atoms with Crippen molar-refractivity contribution in [2.75, 3.05) is 53.1 Å². The predicted molar refractivity (Wildman–Crippen MR) is 165 cm³/mol. The lowest BCUT2D eigenvalue weighted by Crippen LogP contribution is -2.66. The SMILES string of the molecule is COCCCCn1c(C(=O)N(CC(C)C)[C@H]2C[C@@H](C(=O)N3CCOCC3)CN(C(=O)O)C2C(C)(C)C)cc2c1CCCC2. The van der Waals surface area contributed by atoms with E-state index >= 15 is 0 Å². The molecule has 3 atom stereocenters. The van der Waals surface area contributed by atoms with Crippen LogP contribution < -0.4 is 0 Å². The van der Waals surface area contributed by atoms with E-state index in [1.54, 1.807) is 12.0 Å². The molecule has 2 saturated heterocycles. The number of aryl methyl sites for hydroxylation is 1. The first-order chi connectivity index (χ1) is 20.4. The molecule has 10 nitrogen and oxygen atoms in total. The number of methoxy groups -OCH3 is 1. The van der Waals surface area contributed by atoms with Crippen LogP contribution in [0, 0.1) is 17.3 Å². The molecule has 3 aliphatic rings. The average Bonchev–Trinajstić information content (AvgIpc) is 3.35. The number of carbonyl (C=O) groups is 3. The van der Waals surface area contributed by atoms with Crippen molar-refractivity contribution < 1.29 is 29.0 Å². The Hall–Kier alpha value is -2.59. The summed E-state index contributed by atoms with van der Waals surface area (Å²) in [5.74, 6) is -0.452. The summed E-state index contributed by atoms with van der Waals surface area (Å²) in [6.45, 7) is 14.4. The number of carboxylic acid groups (broad SMARTS) is 1. The van der Waals surface area contributed by atoms with Crippen molar-refractivity contribution in [3.8, 4) is 0 Å². The Bertz CT molecular complexity index is 1120. The first-order valence-electron chi connectivity index (χ1n) is 16.3. The normalized spacial score (nSPS) is 22.9. The number of likely N-dealkylation sites (tertiary alicyclic amines) is 1. The predicted octanol–water partition coefficient (Wildman–Crippen LogP) is 4.53. The van der Waals surface area contributed by atoms with Gasteiger partial charge in [0, 0.05) is 52.1 Å². The molecule has 0 aromatic carbocycles. The van der Waals surface area contributed by atoms with Crippen molar-refractivity contribution in [1.82, 2.24) is 19.3 Å². The van der Waals surface area contributed by atoms with E-state index in [1.807, 2.05) is 25.7 Å². The van der Waals surface area contributed by atoms with E-state index in [0.29, 0.717) is 51.6 Å². The van der Waals surface area contributed by atoms with Crippen molar-refractivity contribution in [1.29, 1.82) is 0 Å². The Kier molecular flexibility index (Phi) is 11.2. The fraction of sp³-hybridized carbons (Fsp3) is 0.788. The largest absolute Gasteiger partial charge is 0.465 e. The summed E-state index contributed by atoms with van der Waals surface area (Å²) in [6.07, 6.45) is 5.41. The monoisotopic (exact) mass is 602 g/mol. The summed E-state index contributed by atoms with van der Waals surface area (Å²) in [7, 11) is 1.71. The maximum atomic E-state index is 14.8. The van der Waals surface area contributed by atoms with Crippen LogP contribution in [0.4, 0.5) is 4.79 Å². The highest BCUT2D eigenvalue weighted by molar-refractivity contribution is 5.94. The first-order valence-corrected chi connectivity index (χ1v) is 16.3. The van der Waals surface area contributed by atoms with Gasteiger partial charge in [-0.1, -0.05) is 34.6 Å². The lowest BCUT2D eigenvalue weighted by molar-refractivity contribution is -0.144. The number of carbonyl (C=O) groups excluding carboxylic acids is 2. The second-order valence-corrected chi connectivity index (χ2v) is 14.1. The number of ether oxygens (including phenoxy) is 2. The van der Waals surface area contributed by atoms with Gasteiger partial charge in [-0.15, -0.1) is 0 Å². The number of amides is 3. The molecule has 1 N–H and O–H groups in total.